The topological polar surface area (TPSA) is 105 Å². The smallest absolute Gasteiger partial charge is 0.387 e. The minimum absolute atomic E-state index is 0.0522. The maximum Gasteiger partial charge on any atom is 0.472 e. The Labute approximate surface area is 320 Å². The van der Waals surface area contributed by atoms with Gasteiger partial charge in [0.15, 0.2) is 0 Å². The van der Waals surface area contributed by atoms with E-state index in [1.807, 2.05) is 27.2 Å². The third kappa shape index (κ3) is 36.8. The second-order valence-corrected chi connectivity index (χ2v) is 16.8. The van der Waals surface area contributed by atoms with E-state index in [9.17, 15) is 19.4 Å². The summed E-state index contributed by atoms with van der Waals surface area (Å²) >= 11 is 0. The number of unbranched alkanes of at least 4 members (excludes halogenated alkanes) is 19. The Hall–Kier alpha value is -1.54. The molecule has 0 aromatic rings. The van der Waals surface area contributed by atoms with Gasteiger partial charge >= 0.3 is 7.82 Å². The molecule has 0 fully saturated rings. The normalized spacial score (nSPS) is 15.0. The second-order valence-electron chi connectivity index (χ2n) is 15.4. The average molecular weight is 754 g/mol. The van der Waals surface area contributed by atoms with Gasteiger partial charge in [-0.15, -0.1) is 0 Å². The number of amides is 1. The molecule has 0 aliphatic heterocycles. The highest BCUT2D eigenvalue weighted by Crippen LogP contribution is 2.43. The Kier molecular flexibility index (Phi) is 34.1. The van der Waals surface area contributed by atoms with E-state index in [2.05, 4.69) is 55.6 Å². The predicted octanol–water partition coefficient (Wildman–Crippen LogP) is 11.3. The van der Waals surface area contributed by atoms with Crippen LogP contribution in [0.1, 0.15) is 168 Å². The van der Waals surface area contributed by atoms with Crippen LogP contribution in [0.5, 0.6) is 0 Å². The number of nitrogens with one attached hydrogen (secondary N) is 1. The molecule has 1 amide bonds. The van der Waals surface area contributed by atoms with Crippen LogP contribution in [-0.2, 0) is 18.4 Å². The van der Waals surface area contributed by atoms with Gasteiger partial charge in [-0.25, -0.2) is 4.57 Å². The summed E-state index contributed by atoms with van der Waals surface area (Å²) in [4.78, 5) is 23.0. The number of allylic oxidation sites excluding steroid dienone is 7. The molecule has 3 N–H and O–H groups in total. The van der Waals surface area contributed by atoms with Gasteiger partial charge in [0, 0.05) is 6.42 Å². The van der Waals surface area contributed by atoms with Gasteiger partial charge in [0.25, 0.3) is 0 Å². The highest BCUT2D eigenvalue weighted by atomic mass is 31.2. The third-order valence-corrected chi connectivity index (χ3v) is 10.0. The quantitative estimate of drug-likeness (QED) is 0.0192. The zero-order valence-corrected chi connectivity index (χ0v) is 35.2. The molecule has 0 aromatic heterocycles. The van der Waals surface area contributed by atoms with Crippen molar-refractivity contribution in [1.82, 2.24) is 5.32 Å². The lowest BCUT2D eigenvalue weighted by atomic mass is 10.1. The van der Waals surface area contributed by atoms with Crippen LogP contribution in [0.2, 0.25) is 0 Å². The monoisotopic (exact) mass is 754 g/mol. The standard InChI is InChI=1S/C43H81N2O6P/c1-6-8-10-12-14-16-18-20-22-24-26-28-30-32-34-36-42(46)41(40-51-52(48,49)50-39-38-45(3,4)5)44-43(47)37-35-33-31-29-27-25-23-21-19-17-15-13-11-9-7-2/h15,17,19,21,26,28,34,36,41-42,46H,6-14,16,18,20,22-25,27,29-33,35,37-40H2,1-5H3,(H-,44,47,48,49)/p+1/b17-15-,21-19-,28-26+,36-34+. The van der Waals surface area contributed by atoms with Crippen molar-refractivity contribution in [2.24, 2.45) is 0 Å². The van der Waals surface area contributed by atoms with Crippen molar-refractivity contribution in [1.29, 1.82) is 0 Å². The minimum Gasteiger partial charge on any atom is -0.387 e. The molecule has 9 heteroatoms. The van der Waals surface area contributed by atoms with Crippen molar-refractivity contribution in [3.8, 4) is 0 Å². The maximum absolute atomic E-state index is 12.8. The SMILES string of the molecule is CCCCC/C=C\C=C/CCCCCCCCC(=O)NC(COP(=O)(O)OCC[N+](C)(C)C)C(O)/C=C/CC/C=C/CCCCCCCCCCC. The van der Waals surface area contributed by atoms with Crippen molar-refractivity contribution in [2.45, 2.75) is 180 Å². The first-order chi connectivity index (χ1) is 25.0. The van der Waals surface area contributed by atoms with Gasteiger partial charge in [0.05, 0.1) is 39.9 Å². The van der Waals surface area contributed by atoms with Gasteiger partial charge in [-0.1, -0.05) is 152 Å². The number of hydrogen-bond acceptors (Lipinski definition) is 5. The number of phosphoric acid groups is 1. The lowest BCUT2D eigenvalue weighted by Gasteiger charge is -2.25. The van der Waals surface area contributed by atoms with Crippen LogP contribution in [0, 0.1) is 0 Å². The van der Waals surface area contributed by atoms with Crippen molar-refractivity contribution in [3.05, 3.63) is 48.6 Å². The van der Waals surface area contributed by atoms with Crippen LogP contribution in [0.4, 0.5) is 0 Å². The molecule has 0 spiro atoms. The average Bonchev–Trinajstić information content (AvgIpc) is 3.09. The fraction of sp³-hybridized carbons (Fsp3) is 0.791. The van der Waals surface area contributed by atoms with E-state index >= 15 is 0 Å². The van der Waals surface area contributed by atoms with E-state index in [1.54, 1.807) is 6.08 Å². The molecule has 0 bridgehead atoms. The number of rotatable bonds is 37. The number of carbonyl (C=O) groups excluding carboxylic acids is 1. The Morgan fingerprint density at radius 3 is 1.69 bits per heavy atom. The summed E-state index contributed by atoms with van der Waals surface area (Å²) in [6.45, 7) is 4.73. The number of aliphatic hydroxyl groups is 1. The molecule has 0 heterocycles. The van der Waals surface area contributed by atoms with Gasteiger partial charge in [-0.3, -0.25) is 13.8 Å². The van der Waals surface area contributed by atoms with Gasteiger partial charge in [0.1, 0.15) is 13.2 Å². The lowest BCUT2D eigenvalue weighted by Crippen LogP contribution is -2.45. The van der Waals surface area contributed by atoms with Gasteiger partial charge in [-0.2, -0.15) is 0 Å². The zero-order chi connectivity index (χ0) is 38.6. The van der Waals surface area contributed by atoms with Crippen LogP contribution in [0.15, 0.2) is 48.6 Å². The van der Waals surface area contributed by atoms with E-state index < -0.39 is 20.0 Å². The molecule has 0 saturated heterocycles. The molecule has 3 unspecified atom stereocenters. The first kappa shape index (κ1) is 50.5. The van der Waals surface area contributed by atoms with E-state index in [4.69, 9.17) is 9.05 Å². The Bertz CT molecular complexity index is 991. The summed E-state index contributed by atoms with van der Waals surface area (Å²) in [7, 11) is 1.54. The Morgan fingerprint density at radius 1 is 0.654 bits per heavy atom. The number of carbonyl (C=O) groups is 1. The van der Waals surface area contributed by atoms with Crippen LogP contribution < -0.4 is 5.32 Å². The summed E-state index contributed by atoms with van der Waals surface area (Å²) in [6.07, 6.45) is 43.2. The van der Waals surface area contributed by atoms with Crippen molar-refractivity contribution in [2.75, 3.05) is 40.9 Å². The highest BCUT2D eigenvalue weighted by molar-refractivity contribution is 7.47. The molecule has 0 rings (SSSR count). The molecule has 3 atom stereocenters. The summed E-state index contributed by atoms with van der Waals surface area (Å²) in [6, 6.07) is -0.868. The molecule has 8 nitrogen and oxygen atoms in total. The van der Waals surface area contributed by atoms with Crippen molar-refractivity contribution < 1.29 is 32.9 Å². The van der Waals surface area contributed by atoms with E-state index in [0.717, 1.165) is 57.8 Å². The second kappa shape index (κ2) is 35.2. The van der Waals surface area contributed by atoms with E-state index in [-0.39, 0.29) is 19.1 Å². The molecular formula is C43H82N2O6P+. The first-order valence-corrected chi connectivity index (χ1v) is 22.5. The van der Waals surface area contributed by atoms with E-state index in [0.29, 0.717) is 17.4 Å². The molecule has 0 radical (unpaired) electrons. The largest absolute Gasteiger partial charge is 0.472 e. The summed E-state index contributed by atoms with van der Waals surface area (Å²) < 4.78 is 23.5. The fourth-order valence-electron chi connectivity index (χ4n) is 5.63. The predicted molar refractivity (Wildman–Crippen MR) is 221 cm³/mol. The van der Waals surface area contributed by atoms with E-state index in [1.165, 1.54) is 89.9 Å². The van der Waals surface area contributed by atoms with Crippen LogP contribution >= 0.6 is 7.82 Å². The zero-order valence-electron chi connectivity index (χ0n) is 34.3. The molecule has 0 saturated carbocycles. The molecular weight excluding hydrogens is 671 g/mol. The molecule has 0 aromatic carbocycles. The first-order valence-electron chi connectivity index (χ1n) is 21.0. The Morgan fingerprint density at radius 2 is 1.12 bits per heavy atom. The summed E-state index contributed by atoms with van der Waals surface area (Å²) in [5.41, 5.74) is 0. The van der Waals surface area contributed by atoms with Gasteiger partial charge in [-0.05, 0) is 57.8 Å². The Balaban J connectivity index is 4.56. The summed E-state index contributed by atoms with van der Waals surface area (Å²) in [5, 5.41) is 13.8. The minimum atomic E-state index is -4.35. The third-order valence-electron chi connectivity index (χ3n) is 9.05. The van der Waals surface area contributed by atoms with Crippen LogP contribution in [0.3, 0.4) is 0 Å². The number of nitrogens with zero attached hydrogens (tertiary/aromatic N) is 1. The molecule has 304 valence electrons. The maximum atomic E-state index is 12.8. The number of quaternary nitrogens is 1. The number of phosphoric ester groups is 1. The number of likely N-dealkylation sites (N-methyl/N-ethyl adjacent to an activating group) is 1. The summed E-state index contributed by atoms with van der Waals surface area (Å²) in [5.74, 6) is -0.202. The van der Waals surface area contributed by atoms with Crippen LogP contribution in [-0.4, -0.2) is 73.4 Å². The molecule has 52 heavy (non-hydrogen) atoms. The van der Waals surface area contributed by atoms with Gasteiger partial charge < -0.3 is 19.8 Å². The van der Waals surface area contributed by atoms with Crippen LogP contribution in [0.25, 0.3) is 0 Å². The lowest BCUT2D eigenvalue weighted by molar-refractivity contribution is -0.870. The van der Waals surface area contributed by atoms with Crippen molar-refractivity contribution in [3.63, 3.8) is 0 Å². The number of hydrogen-bond donors (Lipinski definition) is 3. The highest BCUT2D eigenvalue weighted by Gasteiger charge is 2.27. The molecule has 0 aliphatic carbocycles. The van der Waals surface area contributed by atoms with Crippen molar-refractivity contribution >= 4 is 13.7 Å². The van der Waals surface area contributed by atoms with Gasteiger partial charge in [0.2, 0.25) is 5.91 Å². The fourth-order valence-corrected chi connectivity index (χ4v) is 6.37. The number of aliphatic hydroxyl groups excluding tert-OH is 1. The molecule has 0 aliphatic rings.